The van der Waals surface area contributed by atoms with Crippen molar-refractivity contribution >= 4 is 35.4 Å². The van der Waals surface area contributed by atoms with Gasteiger partial charge in [0.15, 0.2) is 5.70 Å². The Kier molecular flexibility index (Phi) is 4.84. The van der Waals surface area contributed by atoms with Crippen molar-refractivity contribution in [2.75, 3.05) is 0 Å². The van der Waals surface area contributed by atoms with E-state index < -0.39 is 15.8 Å². The maximum Gasteiger partial charge on any atom is 0.363 e. The van der Waals surface area contributed by atoms with E-state index in [9.17, 15) is 25.0 Å². The van der Waals surface area contributed by atoms with E-state index in [1.807, 2.05) is 0 Å². The van der Waals surface area contributed by atoms with Crippen LogP contribution in [0.15, 0.2) is 65.3 Å². The number of esters is 1. The van der Waals surface area contributed by atoms with Gasteiger partial charge in [-0.2, -0.15) is 0 Å². The van der Waals surface area contributed by atoms with Crippen molar-refractivity contribution in [3.05, 3.63) is 91.7 Å². The first-order valence-electron chi connectivity index (χ1n) is 7.62. The number of hydrogen-bond donors (Lipinski definition) is 0. The van der Waals surface area contributed by atoms with Gasteiger partial charge in [0, 0.05) is 30.3 Å². The van der Waals surface area contributed by atoms with Crippen LogP contribution in [0, 0.1) is 20.2 Å². The highest BCUT2D eigenvalue weighted by molar-refractivity contribution is 6.11. The lowest BCUT2D eigenvalue weighted by molar-refractivity contribution is -0.385. The topological polar surface area (TPSA) is 125 Å². The molecule has 0 radical (unpaired) electrons. The number of non-ortho nitro benzene ring substituents is 2. The molecule has 0 spiro atoms. The summed E-state index contributed by atoms with van der Waals surface area (Å²) in [5, 5.41) is 21.4. The number of aliphatic imine (C=N–C) groups is 1. The molecule has 0 atom stereocenters. The molecule has 134 valence electrons. The van der Waals surface area contributed by atoms with Crippen molar-refractivity contribution < 1.29 is 19.4 Å². The van der Waals surface area contributed by atoms with E-state index in [-0.39, 0.29) is 23.0 Å². The molecule has 27 heavy (non-hydrogen) atoms. The molecule has 0 unspecified atom stereocenters. The van der Waals surface area contributed by atoms with Crippen LogP contribution in [0.3, 0.4) is 0 Å². The van der Waals surface area contributed by atoms with Gasteiger partial charge in [-0.25, -0.2) is 9.79 Å². The maximum absolute atomic E-state index is 11.9. The van der Waals surface area contributed by atoms with E-state index in [1.165, 1.54) is 54.6 Å². The minimum absolute atomic E-state index is 0.0414. The Bertz CT molecular complexity index is 1020. The second kappa shape index (κ2) is 7.40. The SMILES string of the molecule is O=C1OC(C=Cc2cccc([N+](=O)[O-])c2)=NC1=Cc1ccc([N+](=O)[O-])cc1. The van der Waals surface area contributed by atoms with Crippen LogP contribution in [0.4, 0.5) is 11.4 Å². The quantitative estimate of drug-likeness (QED) is 0.345. The average molecular weight is 365 g/mol. The molecule has 1 aliphatic rings. The number of carbonyl (C=O) groups excluding carboxylic acids is 1. The third-order valence-electron chi connectivity index (χ3n) is 3.54. The Labute approximate surface area is 152 Å². The number of cyclic esters (lactones) is 1. The van der Waals surface area contributed by atoms with Gasteiger partial charge in [0.1, 0.15) is 0 Å². The first kappa shape index (κ1) is 17.7. The first-order valence-corrected chi connectivity index (χ1v) is 7.62. The van der Waals surface area contributed by atoms with E-state index in [0.29, 0.717) is 11.1 Å². The fourth-order valence-corrected chi connectivity index (χ4v) is 2.26. The van der Waals surface area contributed by atoms with E-state index in [4.69, 9.17) is 4.74 Å². The van der Waals surface area contributed by atoms with Crippen LogP contribution in [-0.2, 0) is 9.53 Å². The van der Waals surface area contributed by atoms with Gasteiger partial charge >= 0.3 is 5.97 Å². The predicted octanol–water partition coefficient (Wildman–Crippen LogP) is 3.51. The predicted molar refractivity (Wildman–Crippen MR) is 96.7 cm³/mol. The van der Waals surface area contributed by atoms with Crippen molar-refractivity contribution in [1.82, 2.24) is 0 Å². The standard InChI is InChI=1S/C18H11N3O6/c22-18-16(11-13-4-7-14(8-5-13)20(23)24)19-17(27-18)9-6-12-2-1-3-15(10-12)21(25)26/h1-11H. The summed E-state index contributed by atoms with van der Waals surface area (Å²) in [5.74, 6) is -0.619. The molecule has 2 aromatic carbocycles. The molecule has 0 N–H and O–H groups in total. The summed E-state index contributed by atoms with van der Waals surface area (Å²) in [4.78, 5) is 36.3. The highest BCUT2D eigenvalue weighted by Gasteiger charge is 2.21. The summed E-state index contributed by atoms with van der Waals surface area (Å²) < 4.78 is 5.02. The molecule has 1 aliphatic heterocycles. The van der Waals surface area contributed by atoms with Gasteiger partial charge in [-0.1, -0.05) is 12.1 Å². The van der Waals surface area contributed by atoms with Crippen molar-refractivity contribution in [2.45, 2.75) is 0 Å². The van der Waals surface area contributed by atoms with Crippen molar-refractivity contribution in [2.24, 2.45) is 4.99 Å². The van der Waals surface area contributed by atoms with E-state index in [2.05, 4.69) is 4.99 Å². The fourth-order valence-electron chi connectivity index (χ4n) is 2.26. The van der Waals surface area contributed by atoms with Crippen molar-refractivity contribution in [3.8, 4) is 0 Å². The number of ether oxygens (including phenoxy) is 1. The third-order valence-corrected chi connectivity index (χ3v) is 3.54. The van der Waals surface area contributed by atoms with Gasteiger partial charge in [0.2, 0.25) is 5.90 Å². The van der Waals surface area contributed by atoms with Gasteiger partial charge in [-0.05, 0) is 35.4 Å². The number of nitrogens with zero attached hydrogens (tertiary/aromatic N) is 3. The molecule has 0 bridgehead atoms. The second-order valence-corrected chi connectivity index (χ2v) is 5.40. The zero-order valence-corrected chi connectivity index (χ0v) is 13.6. The summed E-state index contributed by atoms with van der Waals surface area (Å²) in [6.45, 7) is 0. The van der Waals surface area contributed by atoms with Crippen LogP contribution < -0.4 is 0 Å². The Hall–Kier alpha value is -4.14. The van der Waals surface area contributed by atoms with Gasteiger partial charge < -0.3 is 4.74 Å². The van der Waals surface area contributed by atoms with E-state index in [0.717, 1.165) is 0 Å². The number of carbonyl (C=O) groups is 1. The lowest BCUT2D eigenvalue weighted by Gasteiger charge is -1.95. The first-order chi connectivity index (χ1) is 12.9. The molecule has 9 heteroatoms. The van der Waals surface area contributed by atoms with Crippen LogP contribution in [0.2, 0.25) is 0 Å². The molecule has 1 heterocycles. The van der Waals surface area contributed by atoms with Crippen molar-refractivity contribution in [3.63, 3.8) is 0 Å². The summed E-state index contributed by atoms with van der Waals surface area (Å²) in [5.41, 5.74) is 1.04. The highest BCUT2D eigenvalue weighted by Crippen LogP contribution is 2.19. The number of nitro benzene ring substituents is 2. The average Bonchev–Trinajstić information content (AvgIpc) is 3.00. The lowest BCUT2D eigenvalue weighted by Crippen LogP contribution is -2.01. The molecular weight excluding hydrogens is 354 g/mol. The molecular formula is C18H11N3O6. The normalized spacial score (nSPS) is 15.0. The van der Waals surface area contributed by atoms with E-state index >= 15 is 0 Å². The van der Waals surface area contributed by atoms with Crippen LogP contribution >= 0.6 is 0 Å². The van der Waals surface area contributed by atoms with Gasteiger partial charge in [0.25, 0.3) is 11.4 Å². The molecule has 9 nitrogen and oxygen atoms in total. The fraction of sp³-hybridized carbons (Fsp3) is 0. The van der Waals surface area contributed by atoms with Crippen LogP contribution in [0.1, 0.15) is 11.1 Å². The Balaban J connectivity index is 1.78. The second-order valence-electron chi connectivity index (χ2n) is 5.40. The van der Waals surface area contributed by atoms with Crippen LogP contribution in [0.5, 0.6) is 0 Å². The Morgan fingerprint density at radius 1 is 0.889 bits per heavy atom. The van der Waals surface area contributed by atoms with E-state index in [1.54, 1.807) is 12.1 Å². The number of hydrogen-bond acceptors (Lipinski definition) is 7. The molecule has 3 rings (SSSR count). The van der Waals surface area contributed by atoms with Crippen molar-refractivity contribution in [1.29, 1.82) is 0 Å². The molecule has 0 fully saturated rings. The minimum atomic E-state index is -0.660. The van der Waals surface area contributed by atoms with Gasteiger partial charge in [-0.15, -0.1) is 0 Å². The Morgan fingerprint density at radius 3 is 2.26 bits per heavy atom. The molecule has 0 saturated carbocycles. The van der Waals surface area contributed by atoms with Gasteiger partial charge in [0.05, 0.1) is 9.85 Å². The molecule has 2 aromatic rings. The summed E-state index contributed by atoms with van der Waals surface area (Å²) in [6, 6.07) is 11.6. The monoisotopic (exact) mass is 365 g/mol. The maximum atomic E-state index is 11.9. The minimum Gasteiger partial charge on any atom is -0.403 e. The Morgan fingerprint density at radius 2 is 1.59 bits per heavy atom. The summed E-state index contributed by atoms with van der Waals surface area (Å²) in [6.07, 6.45) is 4.40. The lowest BCUT2D eigenvalue weighted by atomic mass is 10.2. The molecule has 0 aromatic heterocycles. The zero-order valence-electron chi connectivity index (χ0n) is 13.6. The van der Waals surface area contributed by atoms with Gasteiger partial charge in [-0.3, -0.25) is 20.2 Å². The van der Waals surface area contributed by atoms with Crippen LogP contribution in [-0.4, -0.2) is 21.7 Å². The largest absolute Gasteiger partial charge is 0.403 e. The summed E-state index contributed by atoms with van der Waals surface area (Å²) in [7, 11) is 0. The zero-order chi connectivity index (χ0) is 19.4. The molecule has 0 saturated heterocycles. The molecule has 0 amide bonds. The number of benzene rings is 2. The van der Waals surface area contributed by atoms with Crippen LogP contribution in [0.25, 0.3) is 12.2 Å². The number of nitro groups is 2. The highest BCUT2D eigenvalue weighted by atomic mass is 16.6. The molecule has 0 aliphatic carbocycles. The smallest absolute Gasteiger partial charge is 0.363 e. The summed E-state index contributed by atoms with van der Waals surface area (Å²) >= 11 is 0. The number of rotatable bonds is 5. The third kappa shape index (κ3) is 4.28.